The van der Waals surface area contributed by atoms with Crippen LogP contribution >= 0.6 is 0 Å². The first kappa shape index (κ1) is 15.1. The molecule has 0 saturated heterocycles. The molecule has 0 radical (unpaired) electrons. The van der Waals surface area contributed by atoms with Crippen molar-refractivity contribution in [3.8, 4) is 0 Å². The summed E-state index contributed by atoms with van der Waals surface area (Å²) in [5.74, 6) is 0.654. The maximum atomic E-state index is 11.3. The van der Waals surface area contributed by atoms with Crippen LogP contribution in [0, 0.1) is 5.92 Å². The Labute approximate surface area is 120 Å². The average Bonchev–Trinajstić information content (AvgIpc) is 2.41. The van der Waals surface area contributed by atoms with Gasteiger partial charge in [-0.15, -0.1) is 0 Å². The van der Waals surface area contributed by atoms with E-state index in [9.17, 15) is 8.42 Å². The van der Waals surface area contributed by atoms with Gasteiger partial charge in [-0.05, 0) is 43.9 Å². The van der Waals surface area contributed by atoms with E-state index in [1.807, 2.05) is 0 Å². The number of benzene rings is 1. The fourth-order valence-corrected chi connectivity index (χ4v) is 3.40. The van der Waals surface area contributed by atoms with Gasteiger partial charge < -0.3 is 11.1 Å². The molecule has 6 heteroatoms. The van der Waals surface area contributed by atoms with Crippen LogP contribution < -0.4 is 16.2 Å². The van der Waals surface area contributed by atoms with E-state index < -0.39 is 10.0 Å². The van der Waals surface area contributed by atoms with Gasteiger partial charge in [-0.3, -0.25) is 0 Å². The fourth-order valence-electron chi connectivity index (χ4n) is 2.85. The van der Waals surface area contributed by atoms with Crippen molar-refractivity contribution < 1.29 is 8.42 Å². The van der Waals surface area contributed by atoms with Crippen molar-refractivity contribution in [1.82, 2.24) is 0 Å². The molecule has 1 aromatic rings. The third-order valence-electron chi connectivity index (χ3n) is 4.09. The standard InChI is InChI=1S/C14H23N3O2S/c1-10(11-5-3-2-4-6-11)17-14-8-7-12(9-13(14)15)20(16,18)19/h7-11,17H,2-6,15H2,1H3,(H2,16,18,19). The molecule has 1 aromatic carbocycles. The molecule has 2 rings (SSSR count). The van der Waals surface area contributed by atoms with Crippen LogP contribution in [0.2, 0.25) is 0 Å². The first-order valence-corrected chi connectivity index (χ1v) is 8.61. The number of primary sulfonamides is 1. The van der Waals surface area contributed by atoms with Crippen LogP contribution in [0.3, 0.4) is 0 Å². The molecule has 1 atom stereocenters. The van der Waals surface area contributed by atoms with E-state index in [0.717, 1.165) is 5.69 Å². The second-order valence-corrected chi connectivity index (χ2v) is 7.19. The van der Waals surface area contributed by atoms with Gasteiger partial charge in [-0.1, -0.05) is 19.3 Å². The van der Waals surface area contributed by atoms with Crippen molar-refractivity contribution in [2.45, 2.75) is 50.0 Å². The van der Waals surface area contributed by atoms with E-state index >= 15 is 0 Å². The lowest BCUT2D eigenvalue weighted by Crippen LogP contribution is -2.28. The monoisotopic (exact) mass is 297 g/mol. The summed E-state index contributed by atoms with van der Waals surface area (Å²) in [6.07, 6.45) is 6.38. The quantitative estimate of drug-likeness (QED) is 0.743. The van der Waals surface area contributed by atoms with Crippen LogP contribution in [0.4, 0.5) is 11.4 Å². The van der Waals surface area contributed by atoms with Crippen LogP contribution in [0.1, 0.15) is 39.0 Å². The Morgan fingerprint density at radius 1 is 1.25 bits per heavy atom. The maximum absolute atomic E-state index is 11.3. The molecule has 0 aromatic heterocycles. The second-order valence-electron chi connectivity index (χ2n) is 5.63. The first-order chi connectivity index (χ1) is 9.38. The van der Waals surface area contributed by atoms with Crippen molar-refractivity contribution in [2.75, 3.05) is 11.1 Å². The van der Waals surface area contributed by atoms with Crippen LogP contribution in [0.15, 0.2) is 23.1 Å². The molecule has 1 aliphatic carbocycles. The van der Waals surface area contributed by atoms with Crippen molar-refractivity contribution in [2.24, 2.45) is 11.1 Å². The summed E-state index contributed by atoms with van der Waals surface area (Å²) < 4.78 is 22.5. The number of hydrogen-bond donors (Lipinski definition) is 3. The normalized spacial score (nSPS) is 18.7. The lowest BCUT2D eigenvalue weighted by molar-refractivity contribution is 0.328. The minimum atomic E-state index is -3.70. The summed E-state index contributed by atoms with van der Waals surface area (Å²) in [6.45, 7) is 2.16. The topological polar surface area (TPSA) is 98.2 Å². The molecule has 20 heavy (non-hydrogen) atoms. The summed E-state index contributed by atoms with van der Waals surface area (Å²) in [5, 5.41) is 8.49. The smallest absolute Gasteiger partial charge is 0.238 e. The summed E-state index contributed by atoms with van der Waals surface area (Å²) >= 11 is 0. The first-order valence-electron chi connectivity index (χ1n) is 7.07. The molecule has 0 bridgehead atoms. The van der Waals surface area contributed by atoms with Gasteiger partial charge in [0.05, 0.1) is 16.3 Å². The minimum absolute atomic E-state index is 0.0471. The van der Waals surface area contributed by atoms with Crippen molar-refractivity contribution in [3.05, 3.63) is 18.2 Å². The number of rotatable bonds is 4. The lowest BCUT2D eigenvalue weighted by atomic mass is 9.84. The van der Waals surface area contributed by atoms with Crippen LogP contribution in [0.5, 0.6) is 0 Å². The highest BCUT2D eigenvalue weighted by Gasteiger charge is 2.20. The van der Waals surface area contributed by atoms with Gasteiger partial charge in [0.15, 0.2) is 0 Å². The van der Waals surface area contributed by atoms with Gasteiger partial charge in [-0.2, -0.15) is 0 Å². The van der Waals surface area contributed by atoms with Crippen molar-refractivity contribution in [3.63, 3.8) is 0 Å². The molecule has 1 fully saturated rings. The van der Waals surface area contributed by atoms with Crippen molar-refractivity contribution >= 4 is 21.4 Å². The Balaban J connectivity index is 2.09. The zero-order valence-corrected chi connectivity index (χ0v) is 12.6. The highest BCUT2D eigenvalue weighted by atomic mass is 32.2. The summed E-state index contributed by atoms with van der Waals surface area (Å²) in [5.41, 5.74) is 7.10. The third kappa shape index (κ3) is 3.64. The number of nitrogens with two attached hydrogens (primary N) is 2. The van der Waals surface area contributed by atoms with E-state index in [0.29, 0.717) is 17.6 Å². The largest absolute Gasteiger partial charge is 0.397 e. The molecule has 5 N–H and O–H groups in total. The number of nitrogen functional groups attached to an aromatic ring is 1. The molecule has 0 spiro atoms. The fraction of sp³-hybridized carbons (Fsp3) is 0.571. The molecule has 5 nitrogen and oxygen atoms in total. The molecule has 112 valence electrons. The molecule has 1 unspecified atom stereocenters. The van der Waals surface area contributed by atoms with E-state index in [1.165, 1.54) is 44.2 Å². The molecule has 0 amide bonds. The van der Waals surface area contributed by atoms with E-state index in [2.05, 4.69) is 12.2 Å². The van der Waals surface area contributed by atoms with Gasteiger partial charge in [-0.25, -0.2) is 13.6 Å². The second kappa shape index (κ2) is 6.01. The van der Waals surface area contributed by atoms with Crippen LogP contribution in [-0.4, -0.2) is 14.5 Å². The van der Waals surface area contributed by atoms with Crippen molar-refractivity contribution in [1.29, 1.82) is 0 Å². The van der Waals surface area contributed by atoms with E-state index in [4.69, 9.17) is 10.9 Å². The Kier molecular flexibility index (Phi) is 4.55. The van der Waals surface area contributed by atoms with Gasteiger partial charge in [0.25, 0.3) is 0 Å². The van der Waals surface area contributed by atoms with E-state index in [-0.39, 0.29) is 4.90 Å². The lowest BCUT2D eigenvalue weighted by Gasteiger charge is -2.29. The Bertz CT molecular complexity index is 566. The zero-order chi connectivity index (χ0) is 14.8. The SMILES string of the molecule is CC(Nc1ccc(S(N)(=O)=O)cc1N)C1CCCCC1. The summed E-state index contributed by atoms with van der Waals surface area (Å²) in [6, 6.07) is 4.92. The predicted octanol–water partition coefficient (Wildman–Crippen LogP) is 2.30. The molecular formula is C14H23N3O2S. The molecule has 0 aliphatic heterocycles. The Morgan fingerprint density at radius 3 is 2.45 bits per heavy atom. The average molecular weight is 297 g/mol. The Morgan fingerprint density at radius 2 is 1.90 bits per heavy atom. The number of hydrogen-bond acceptors (Lipinski definition) is 4. The van der Waals surface area contributed by atoms with Gasteiger partial charge in [0.2, 0.25) is 10.0 Å². The summed E-state index contributed by atoms with van der Waals surface area (Å²) in [7, 11) is -3.70. The van der Waals surface area contributed by atoms with Crippen LogP contribution in [-0.2, 0) is 10.0 Å². The highest BCUT2D eigenvalue weighted by molar-refractivity contribution is 7.89. The van der Waals surface area contributed by atoms with E-state index in [1.54, 1.807) is 6.07 Å². The molecule has 1 saturated carbocycles. The highest BCUT2D eigenvalue weighted by Crippen LogP contribution is 2.30. The molecule has 0 heterocycles. The van der Waals surface area contributed by atoms with Gasteiger partial charge in [0.1, 0.15) is 0 Å². The van der Waals surface area contributed by atoms with Gasteiger partial charge >= 0.3 is 0 Å². The van der Waals surface area contributed by atoms with Crippen LogP contribution in [0.25, 0.3) is 0 Å². The predicted molar refractivity (Wildman–Crippen MR) is 81.9 cm³/mol. The summed E-state index contributed by atoms with van der Waals surface area (Å²) in [4.78, 5) is 0.0471. The number of sulfonamides is 1. The Hall–Kier alpha value is -1.27. The maximum Gasteiger partial charge on any atom is 0.238 e. The zero-order valence-electron chi connectivity index (χ0n) is 11.8. The minimum Gasteiger partial charge on any atom is -0.397 e. The molecular weight excluding hydrogens is 274 g/mol. The number of anilines is 2. The number of nitrogens with one attached hydrogen (secondary N) is 1. The molecule has 1 aliphatic rings. The third-order valence-corrected chi connectivity index (χ3v) is 5.00. The van der Waals surface area contributed by atoms with Gasteiger partial charge in [0, 0.05) is 6.04 Å².